The smallest absolute Gasteiger partial charge is 0.169 e. The van der Waals surface area contributed by atoms with Gasteiger partial charge in [-0.15, -0.1) is 11.3 Å². The van der Waals surface area contributed by atoms with Crippen LogP contribution in [0.25, 0.3) is 10.6 Å². The van der Waals surface area contributed by atoms with Gasteiger partial charge in [-0.2, -0.15) is 0 Å². The Balaban J connectivity index is 1.55. The van der Waals surface area contributed by atoms with Crippen molar-refractivity contribution in [3.8, 4) is 10.6 Å². The van der Waals surface area contributed by atoms with E-state index < -0.39 is 0 Å². The molecule has 3 aromatic heterocycles. The average Bonchev–Trinajstić information content (AvgIpc) is 3.19. The average molecular weight is 365 g/mol. The summed E-state index contributed by atoms with van der Waals surface area (Å²) in [6, 6.07) is 7.90. The molecule has 0 saturated carbocycles. The minimum atomic E-state index is 0.0812. The zero-order valence-electron chi connectivity index (χ0n) is 14.5. The predicted molar refractivity (Wildman–Crippen MR) is 104 cm³/mol. The fourth-order valence-corrected chi connectivity index (χ4v) is 4.02. The van der Waals surface area contributed by atoms with Gasteiger partial charge in [0, 0.05) is 56.7 Å². The second kappa shape index (κ2) is 7.21. The Hall–Kier alpha value is -2.80. The van der Waals surface area contributed by atoms with Gasteiger partial charge in [0.2, 0.25) is 0 Å². The van der Waals surface area contributed by atoms with Gasteiger partial charge in [-0.3, -0.25) is 9.78 Å². The first-order valence-corrected chi connectivity index (χ1v) is 9.36. The van der Waals surface area contributed by atoms with Crippen molar-refractivity contribution in [3.05, 3.63) is 53.9 Å². The topological polar surface area (TPSA) is 62.2 Å². The lowest BCUT2D eigenvalue weighted by Gasteiger charge is -2.37. The number of carbonyl (C=O) groups excluding carboxylic acids is 1. The summed E-state index contributed by atoms with van der Waals surface area (Å²) in [7, 11) is 0. The van der Waals surface area contributed by atoms with Crippen LogP contribution in [0.1, 0.15) is 16.6 Å². The minimum Gasteiger partial charge on any atom is -0.368 e. The Labute approximate surface area is 156 Å². The number of Topliss-reactive ketones (excluding diaryl/α,β-unsaturated/α-hetero) is 1. The number of rotatable bonds is 4. The van der Waals surface area contributed by atoms with Crippen molar-refractivity contribution in [3.63, 3.8) is 0 Å². The van der Waals surface area contributed by atoms with Crippen LogP contribution in [0.5, 0.6) is 0 Å². The first kappa shape index (κ1) is 16.7. The van der Waals surface area contributed by atoms with Gasteiger partial charge in [-0.05, 0) is 31.2 Å². The van der Waals surface area contributed by atoms with E-state index in [1.165, 1.54) is 17.0 Å². The molecule has 0 spiro atoms. The fourth-order valence-electron chi connectivity index (χ4n) is 3.12. The molecule has 26 heavy (non-hydrogen) atoms. The van der Waals surface area contributed by atoms with Crippen molar-refractivity contribution in [2.24, 2.45) is 0 Å². The Kier molecular flexibility index (Phi) is 4.62. The lowest BCUT2D eigenvalue weighted by atomic mass is 10.2. The number of piperazine rings is 1. The molecule has 1 aliphatic rings. The maximum Gasteiger partial charge on any atom is 0.169 e. The molecule has 7 heteroatoms. The van der Waals surface area contributed by atoms with E-state index in [9.17, 15) is 4.79 Å². The Bertz CT molecular complexity index is 903. The zero-order valence-corrected chi connectivity index (χ0v) is 15.3. The molecular weight excluding hydrogens is 346 g/mol. The van der Waals surface area contributed by atoms with Crippen LogP contribution in [0.4, 0.5) is 11.5 Å². The summed E-state index contributed by atoms with van der Waals surface area (Å²) in [5.74, 6) is 0.969. The number of anilines is 2. The summed E-state index contributed by atoms with van der Waals surface area (Å²) in [4.78, 5) is 31.2. The highest BCUT2D eigenvalue weighted by atomic mass is 32.1. The van der Waals surface area contributed by atoms with Gasteiger partial charge >= 0.3 is 0 Å². The van der Waals surface area contributed by atoms with Gasteiger partial charge < -0.3 is 9.80 Å². The summed E-state index contributed by atoms with van der Waals surface area (Å²) >= 11 is 1.47. The van der Waals surface area contributed by atoms with E-state index in [0.29, 0.717) is 0 Å². The lowest BCUT2D eigenvalue weighted by molar-refractivity contribution is 0.102. The maximum atomic E-state index is 11.6. The quantitative estimate of drug-likeness (QED) is 0.662. The maximum absolute atomic E-state index is 11.6. The Morgan fingerprint density at radius 1 is 0.923 bits per heavy atom. The van der Waals surface area contributed by atoms with E-state index in [2.05, 4.69) is 24.8 Å². The van der Waals surface area contributed by atoms with Gasteiger partial charge in [-0.1, -0.05) is 0 Å². The highest BCUT2D eigenvalue weighted by molar-refractivity contribution is 7.17. The number of ketones is 1. The predicted octanol–water partition coefficient (Wildman–Crippen LogP) is 3.13. The Morgan fingerprint density at radius 3 is 2.31 bits per heavy atom. The molecule has 0 N–H and O–H groups in total. The third-order valence-electron chi connectivity index (χ3n) is 4.47. The molecule has 0 bridgehead atoms. The summed E-state index contributed by atoms with van der Waals surface area (Å²) < 4.78 is 0. The van der Waals surface area contributed by atoms with Crippen molar-refractivity contribution in [2.75, 3.05) is 36.0 Å². The molecule has 0 unspecified atom stereocenters. The first-order chi connectivity index (χ1) is 12.7. The SMILES string of the molecule is CC(=O)c1ccc(-c2nccnc2N2CCN(c3ccncc3)CC2)s1. The van der Waals surface area contributed by atoms with Crippen molar-refractivity contribution in [2.45, 2.75) is 6.92 Å². The van der Waals surface area contributed by atoms with Gasteiger partial charge in [0.15, 0.2) is 11.6 Å². The summed E-state index contributed by atoms with van der Waals surface area (Å²) in [5, 5.41) is 0. The van der Waals surface area contributed by atoms with Crippen LogP contribution < -0.4 is 9.80 Å². The van der Waals surface area contributed by atoms with Crippen LogP contribution in [-0.4, -0.2) is 46.9 Å². The standard InChI is InChI=1S/C19H19N5OS/c1-14(25)16-2-3-17(26-16)18-19(22-9-8-21-18)24-12-10-23(11-13-24)15-4-6-20-7-5-15/h2-9H,10-13H2,1H3. The number of hydrogen-bond acceptors (Lipinski definition) is 7. The van der Waals surface area contributed by atoms with E-state index in [0.717, 1.165) is 47.4 Å². The van der Waals surface area contributed by atoms with E-state index in [4.69, 9.17) is 0 Å². The molecule has 1 fully saturated rings. The molecule has 132 valence electrons. The molecule has 6 nitrogen and oxygen atoms in total. The Morgan fingerprint density at radius 2 is 1.62 bits per heavy atom. The molecule has 3 aromatic rings. The van der Waals surface area contributed by atoms with Crippen LogP contribution in [0.15, 0.2) is 49.1 Å². The third-order valence-corrected chi connectivity index (χ3v) is 5.67. The minimum absolute atomic E-state index is 0.0812. The number of aromatic nitrogens is 3. The number of pyridine rings is 1. The zero-order chi connectivity index (χ0) is 17.9. The number of thiophene rings is 1. The summed E-state index contributed by atoms with van der Waals surface area (Å²) in [5.41, 5.74) is 2.05. The van der Waals surface area contributed by atoms with Crippen LogP contribution in [-0.2, 0) is 0 Å². The molecule has 1 saturated heterocycles. The highest BCUT2D eigenvalue weighted by Gasteiger charge is 2.22. The molecule has 0 radical (unpaired) electrons. The van der Waals surface area contributed by atoms with Crippen LogP contribution in [0.2, 0.25) is 0 Å². The van der Waals surface area contributed by atoms with Gasteiger partial charge in [0.25, 0.3) is 0 Å². The van der Waals surface area contributed by atoms with Crippen LogP contribution in [0.3, 0.4) is 0 Å². The van der Waals surface area contributed by atoms with Gasteiger partial charge in [0.05, 0.1) is 9.75 Å². The van der Waals surface area contributed by atoms with Crippen LogP contribution in [0, 0.1) is 0 Å². The van der Waals surface area contributed by atoms with Crippen molar-refractivity contribution >= 4 is 28.6 Å². The van der Waals surface area contributed by atoms with Crippen molar-refractivity contribution < 1.29 is 4.79 Å². The van der Waals surface area contributed by atoms with E-state index >= 15 is 0 Å². The molecule has 0 aromatic carbocycles. The van der Waals surface area contributed by atoms with E-state index in [1.54, 1.807) is 19.3 Å². The number of nitrogens with zero attached hydrogens (tertiary/aromatic N) is 5. The van der Waals surface area contributed by atoms with Crippen molar-refractivity contribution in [1.82, 2.24) is 15.0 Å². The fraction of sp³-hybridized carbons (Fsp3) is 0.263. The molecule has 4 rings (SSSR count). The summed E-state index contributed by atoms with van der Waals surface area (Å²) in [6.45, 7) is 5.18. The molecule has 1 aliphatic heterocycles. The molecule has 4 heterocycles. The van der Waals surface area contributed by atoms with Crippen molar-refractivity contribution in [1.29, 1.82) is 0 Å². The number of carbonyl (C=O) groups is 1. The van der Waals surface area contributed by atoms with Gasteiger partial charge in [-0.25, -0.2) is 9.97 Å². The first-order valence-electron chi connectivity index (χ1n) is 8.54. The van der Waals surface area contributed by atoms with Crippen LogP contribution >= 0.6 is 11.3 Å². The second-order valence-corrected chi connectivity index (χ2v) is 7.21. The van der Waals surface area contributed by atoms with E-state index in [1.807, 2.05) is 36.7 Å². The lowest BCUT2D eigenvalue weighted by Crippen LogP contribution is -2.47. The largest absolute Gasteiger partial charge is 0.368 e. The molecular formula is C19H19N5OS. The number of hydrogen-bond donors (Lipinski definition) is 0. The molecule has 0 atom stereocenters. The van der Waals surface area contributed by atoms with Gasteiger partial charge in [0.1, 0.15) is 5.69 Å². The normalized spacial score (nSPS) is 14.5. The second-order valence-electron chi connectivity index (χ2n) is 6.13. The monoisotopic (exact) mass is 365 g/mol. The highest BCUT2D eigenvalue weighted by Crippen LogP contribution is 2.33. The molecule has 0 amide bonds. The summed E-state index contributed by atoms with van der Waals surface area (Å²) in [6.07, 6.45) is 7.09. The molecule has 0 aliphatic carbocycles. The van der Waals surface area contributed by atoms with E-state index in [-0.39, 0.29) is 5.78 Å². The third kappa shape index (κ3) is 3.30.